The van der Waals surface area contributed by atoms with Crippen LogP contribution in [0.15, 0.2) is 46.4 Å². The molecule has 2 aromatic rings. The van der Waals surface area contributed by atoms with E-state index < -0.39 is 11.9 Å². The first kappa shape index (κ1) is 36.0. The number of carbonyl (C=O) groups is 2. The Morgan fingerprint density at radius 3 is 1.24 bits per heavy atom. The second kappa shape index (κ2) is 16.5. The third-order valence-corrected chi connectivity index (χ3v) is 4.61. The summed E-state index contributed by atoms with van der Waals surface area (Å²) in [6.07, 6.45) is 3.38. The fraction of sp³-hybridized carbons (Fsp3) is 0.429. The number of carbonyl (C=O) groups excluding carboxylic acids is 2. The molecule has 0 aliphatic rings. The number of hydrogen-bond donors (Lipinski definition) is 2. The zero-order valence-corrected chi connectivity index (χ0v) is 23.8. The molecule has 2 aromatic carbocycles. The summed E-state index contributed by atoms with van der Waals surface area (Å²) in [5.74, 6) is -1.71. The third-order valence-electron chi connectivity index (χ3n) is 4.61. The van der Waals surface area contributed by atoms with Gasteiger partial charge in [-0.1, -0.05) is 53.7 Å². The molecule has 0 bridgehead atoms. The van der Waals surface area contributed by atoms with Gasteiger partial charge in [0.2, 0.25) is 0 Å². The van der Waals surface area contributed by atoms with E-state index in [2.05, 4.69) is 51.5 Å². The molecule has 0 spiro atoms. The van der Waals surface area contributed by atoms with E-state index in [0.29, 0.717) is 24.2 Å². The van der Waals surface area contributed by atoms with Gasteiger partial charge >= 0.3 is 16.8 Å². The molecule has 0 saturated heterocycles. The molecule has 37 heavy (non-hydrogen) atoms. The first-order chi connectivity index (χ1) is 16.4. The molecule has 0 aliphatic heterocycles. The quantitative estimate of drug-likeness (QED) is 0.427. The molecule has 0 heterocycles. The summed E-state index contributed by atoms with van der Waals surface area (Å²) in [6, 6.07) is 11.2. The number of phenolic OH excluding ortho intramolecular Hbond substituents is 2. The number of aliphatic carboxylic acids is 2. The van der Waals surface area contributed by atoms with Crippen molar-refractivity contribution in [1.82, 2.24) is 0 Å². The summed E-state index contributed by atoms with van der Waals surface area (Å²) in [6.45, 7) is 15.8. The summed E-state index contributed by atoms with van der Waals surface area (Å²) in [7, 11) is 0. The number of aliphatic imine (C=N–C) groups is 2. The number of rotatable bonds is 5. The maximum Gasteiger partial charge on any atom is 2.00 e. The van der Waals surface area contributed by atoms with Gasteiger partial charge in [0.15, 0.2) is 0 Å². The topological polar surface area (TPSA) is 145 Å². The van der Waals surface area contributed by atoms with Gasteiger partial charge in [-0.2, -0.15) is 0 Å². The number of aromatic hydroxyl groups is 2. The van der Waals surface area contributed by atoms with Crippen LogP contribution >= 0.6 is 0 Å². The maximum absolute atomic E-state index is 10.0. The molecule has 0 aliphatic carbocycles. The predicted octanol–water partition coefficient (Wildman–Crippen LogP) is 2.74. The molecule has 0 saturated carbocycles. The van der Waals surface area contributed by atoms with Gasteiger partial charge in [0.25, 0.3) is 0 Å². The van der Waals surface area contributed by atoms with Crippen molar-refractivity contribution in [2.24, 2.45) is 9.98 Å². The Balaban J connectivity index is 0. The van der Waals surface area contributed by atoms with E-state index in [1.54, 1.807) is 24.6 Å². The predicted molar refractivity (Wildman–Crippen MR) is 140 cm³/mol. The molecule has 0 atom stereocenters. The number of carboxylic acid groups (broad SMARTS) is 2. The molecule has 1 radical (unpaired) electrons. The van der Waals surface area contributed by atoms with Crippen LogP contribution < -0.4 is 10.2 Å². The minimum atomic E-state index is -1.08. The van der Waals surface area contributed by atoms with E-state index in [1.165, 1.54) is 0 Å². The summed E-state index contributed by atoms with van der Waals surface area (Å²) in [5, 5.41) is 37.8. The fourth-order valence-electron chi connectivity index (χ4n) is 2.69. The SMILES string of the molecule is CC(=O)[O-].CC(=O)[O-].CC(C)(C)c1ccc(O)c(C=NCCN=Cc2cc(C(C)(C)C)ccc2O)c1.[Co+2]. The average Bonchev–Trinajstić information content (AvgIpc) is 2.70. The normalized spacial score (nSPS) is 11.1. The van der Waals surface area contributed by atoms with Crippen LogP contribution in [0.4, 0.5) is 0 Å². The van der Waals surface area contributed by atoms with Gasteiger partial charge in [0.05, 0.1) is 13.1 Å². The molecule has 8 nitrogen and oxygen atoms in total. The zero-order valence-electron chi connectivity index (χ0n) is 22.8. The molecule has 2 rings (SSSR count). The van der Waals surface area contributed by atoms with Gasteiger partial charge in [-0.25, -0.2) is 0 Å². The van der Waals surface area contributed by atoms with Gasteiger partial charge < -0.3 is 30.0 Å². The van der Waals surface area contributed by atoms with Gasteiger partial charge in [-0.15, -0.1) is 0 Å². The Morgan fingerprint density at radius 1 is 0.730 bits per heavy atom. The Morgan fingerprint density at radius 2 is 1.00 bits per heavy atom. The number of phenols is 2. The van der Waals surface area contributed by atoms with Crippen molar-refractivity contribution in [3.8, 4) is 11.5 Å². The van der Waals surface area contributed by atoms with Gasteiger partial charge in [0, 0.05) is 35.5 Å². The Kier molecular flexibility index (Phi) is 16.1. The number of nitrogens with zero attached hydrogens (tertiary/aromatic N) is 2. The van der Waals surface area contributed by atoms with Crippen molar-refractivity contribution in [2.75, 3.05) is 13.1 Å². The van der Waals surface area contributed by atoms with Gasteiger partial charge in [-0.3, -0.25) is 9.98 Å². The minimum Gasteiger partial charge on any atom is -0.550 e. The van der Waals surface area contributed by atoms with E-state index in [0.717, 1.165) is 25.0 Å². The number of hydrogen-bond acceptors (Lipinski definition) is 8. The summed E-state index contributed by atoms with van der Waals surface area (Å²) >= 11 is 0. The van der Waals surface area contributed by atoms with Crippen molar-refractivity contribution in [3.63, 3.8) is 0 Å². The van der Waals surface area contributed by atoms with E-state index in [-0.39, 0.29) is 39.1 Å². The van der Waals surface area contributed by atoms with Crippen molar-refractivity contribution >= 4 is 24.4 Å². The van der Waals surface area contributed by atoms with Crippen LogP contribution in [0.2, 0.25) is 0 Å². The van der Waals surface area contributed by atoms with Crippen LogP contribution in [0, 0.1) is 0 Å². The third kappa shape index (κ3) is 16.2. The van der Waals surface area contributed by atoms with Crippen molar-refractivity contribution in [2.45, 2.75) is 66.2 Å². The molecule has 0 fully saturated rings. The van der Waals surface area contributed by atoms with Crippen LogP contribution in [-0.2, 0) is 37.2 Å². The molecule has 0 unspecified atom stereocenters. The average molecular weight is 558 g/mol. The second-order valence-electron chi connectivity index (χ2n) is 10.1. The molecule has 0 amide bonds. The van der Waals surface area contributed by atoms with Gasteiger partial charge in [0.1, 0.15) is 11.5 Å². The van der Waals surface area contributed by atoms with E-state index in [1.807, 2.05) is 24.3 Å². The summed E-state index contributed by atoms with van der Waals surface area (Å²) in [5.41, 5.74) is 3.77. The van der Waals surface area contributed by atoms with Crippen LogP contribution in [-0.4, -0.2) is 47.7 Å². The van der Waals surface area contributed by atoms with Crippen LogP contribution in [0.5, 0.6) is 11.5 Å². The molecular weight excluding hydrogens is 519 g/mol. The van der Waals surface area contributed by atoms with E-state index >= 15 is 0 Å². The van der Waals surface area contributed by atoms with Crippen LogP contribution in [0.1, 0.15) is 77.6 Å². The molecular formula is C28H38CoN2O6. The Bertz CT molecular complexity index is 974. The number of carboxylic acids is 2. The largest absolute Gasteiger partial charge is 2.00 e. The number of benzene rings is 2. The molecule has 9 heteroatoms. The molecule has 205 valence electrons. The summed E-state index contributed by atoms with van der Waals surface area (Å²) < 4.78 is 0. The summed E-state index contributed by atoms with van der Waals surface area (Å²) in [4.78, 5) is 26.5. The van der Waals surface area contributed by atoms with Crippen molar-refractivity contribution in [1.29, 1.82) is 0 Å². The fourth-order valence-corrected chi connectivity index (χ4v) is 2.69. The van der Waals surface area contributed by atoms with Crippen molar-refractivity contribution in [3.05, 3.63) is 58.7 Å². The Hall–Kier alpha value is -3.17. The second-order valence-corrected chi connectivity index (χ2v) is 10.1. The monoisotopic (exact) mass is 557 g/mol. The zero-order chi connectivity index (χ0) is 28.1. The maximum atomic E-state index is 10.0. The first-order valence-electron chi connectivity index (χ1n) is 11.5. The van der Waals surface area contributed by atoms with Crippen molar-refractivity contribution < 1.29 is 46.8 Å². The first-order valence-corrected chi connectivity index (χ1v) is 11.5. The standard InChI is InChI=1S/C24H32N2O2.2C2H4O2.Co/c1-23(2,3)19-7-9-21(27)17(13-19)15-25-11-12-26-16-18-14-20(24(4,5)6)8-10-22(18)28;2*1-2(3)4;/h7-10,13-16,27-28H,11-12H2,1-6H3;2*1H3,(H,3,4);/q;;;+2/p-2. The van der Waals surface area contributed by atoms with Crippen LogP contribution in [0.25, 0.3) is 0 Å². The van der Waals surface area contributed by atoms with Gasteiger partial charge in [-0.05, 0) is 60.1 Å². The smallest absolute Gasteiger partial charge is 0.550 e. The van der Waals surface area contributed by atoms with Crippen LogP contribution in [0.3, 0.4) is 0 Å². The molecule has 2 N–H and O–H groups in total. The Labute approximate surface area is 230 Å². The van der Waals surface area contributed by atoms with E-state index in [9.17, 15) is 10.2 Å². The van der Waals surface area contributed by atoms with E-state index in [4.69, 9.17) is 19.8 Å². The molecule has 0 aromatic heterocycles. The minimum absolute atomic E-state index is 0.